The zero-order chi connectivity index (χ0) is 12.3. The smallest absolute Gasteiger partial charge is 0.146 e. The first kappa shape index (κ1) is 12.1. The second-order valence-electron chi connectivity index (χ2n) is 3.43. The fourth-order valence-electron chi connectivity index (χ4n) is 1.57. The van der Waals surface area contributed by atoms with E-state index in [2.05, 4.69) is 31.3 Å². The van der Waals surface area contributed by atoms with Gasteiger partial charge in [-0.2, -0.15) is 0 Å². The third kappa shape index (κ3) is 2.66. The first-order chi connectivity index (χ1) is 8.22. The van der Waals surface area contributed by atoms with Crippen LogP contribution in [-0.4, -0.2) is 9.97 Å². The fraction of sp³-hybridized carbons (Fsp3) is 0.0909. The molecule has 0 bridgehead atoms. The monoisotopic (exact) mass is 296 g/mol. The summed E-state index contributed by atoms with van der Waals surface area (Å²) in [5.41, 5.74) is 3.78. The lowest BCUT2D eigenvalue weighted by Crippen LogP contribution is -2.29. The standard InChI is InChI=1S/C11H10BrFN4/c12-8-3-7(4-16-5-8)11(17-14)9-1-2-15-6-10(9)13/h1-6,11,17H,14H2. The summed E-state index contributed by atoms with van der Waals surface area (Å²) < 4.78 is 14.4. The van der Waals surface area contributed by atoms with Crippen molar-refractivity contribution in [3.63, 3.8) is 0 Å². The van der Waals surface area contributed by atoms with Gasteiger partial charge in [0.25, 0.3) is 0 Å². The average Bonchev–Trinajstić information content (AvgIpc) is 2.33. The normalized spacial score (nSPS) is 12.4. The van der Waals surface area contributed by atoms with Gasteiger partial charge in [0.15, 0.2) is 0 Å². The van der Waals surface area contributed by atoms with Gasteiger partial charge in [0.2, 0.25) is 0 Å². The summed E-state index contributed by atoms with van der Waals surface area (Å²) in [6.45, 7) is 0. The van der Waals surface area contributed by atoms with Crippen LogP contribution in [0, 0.1) is 5.82 Å². The number of rotatable bonds is 3. The fourth-order valence-corrected chi connectivity index (χ4v) is 1.95. The van der Waals surface area contributed by atoms with E-state index in [1.165, 1.54) is 6.20 Å². The molecule has 2 heterocycles. The molecular formula is C11H10BrFN4. The Morgan fingerprint density at radius 3 is 2.76 bits per heavy atom. The second-order valence-corrected chi connectivity index (χ2v) is 4.35. The third-order valence-electron chi connectivity index (χ3n) is 2.34. The summed E-state index contributed by atoms with van der Waals surface area (Å²) in [4.78, 5) is 7.73. The van der Waals surface area contributed by atoms with Gasteiger partial charge in [0, 0.05) is 28.6 Å². The third-order valence-corrected chi connectivity index (χ3v) is 2.77. The molecule has 17 heavy (non-hydrogen) atoms. The molecule has 0 aliphatic heterocycles. The molecule has 1 atom stereocenters. The van der Waals surface area contributed by atoms with Crippen LogP contribution in [0.4, 0.5) is 4.39 Å². The summed E-state index contributed by atoms with van der Waals surface area (Å²) in [6.07, 6.45) is 5.97. The van der Waals surface area contributed by atoms with Gasteiger partial charge in [-0.1, -0.05) is 0 Å². The van der Waals surface area contributed by atoms with Crippen molar-refractivity contribution in [3.8, 4) is 0 Å². The molecule has 2 rings (SSSR count). The van der Waals surface area contributed by atoms with Crippen LogP contribution in [0.15, 0.2) is 41.4 Å². The number of nitrogens with two attached hydrogens (primary N) is 1. The SMILES string of the molecule is NNC(c1cncc(Br)c1)c1ccncc1F. The molecular weight excluding hydrogens is 287 g/mol. The van der Waals surface area contributed by atoms with E-state index in [-0.39, 0.29) is 0 Å². The molecule has 0 spiro atoms. The number of nitrogens with zero attached hydrogens (tertiary/aromatic N) is 2. The minimum absolute atomic E-state index is 0.407. The van der Waals surface area contributed by atoms with Crippen LogP contribution in [0.5, 0.6) is 0 Å². The average molecular weight is 297 g/mol. The van der Waals surface area contributed by atoms with Crippen LogP contribution in [0.1, 0.15) is 17.2 Å². The lowest BCUT2D eigenvalue weighted by atomic mass is 10.0. The quantitative estimate of drug-likeness (QED) is 0.671. The number of hydrogen-bond acceptors (Lipinski definition) is 4. The number of pyridine rings is 2. The van der Waals surface area contributed by atoms with Crippen molar-refractivity contribution in [2.75, 3.05) is 0 Å². The Hall–Kier alpha value is -1.37. The molecule has 2 aromatic heterocycles. The molecule has 0 saturated carbocycles. The highest BCUT2D eigenvalue weighted by molar-refractivity contribution is 9.10. The molecule has 3 N–H and O–H groups in total. The van der Waals surface area contributed by atoms with Gasteiger partial charge in [-0.3, -0.25) is 15.8 Å². The second kappa shape index (κ2) is 5.31. The minimum Gasteiger partial charge on any atom is -0.271 e. The van der Waals surface area contributed by atoms with E-state index in [4.69, 9.17) is 5.84 Å². The Labute approximate surface area is 106 Å². The van der Waals surface area contributed by atoms with Crippen molar-refractivity contribution in [3.05, 3.63) is 58.3 Å². The minimum atomic E-state index is -0.456. The Bertz CT molecular complexity index is 520. The maximum atomic E-state index is 13.6. The first-order valence-electron chi connectivity index (χ1n) is 4.88. The Morgan fingerprint density at radius 1 is 1.29 bits per heavy atom. The molecule has 0 amide bonds. The molecule has 0 fully saturated rings. The summed E-state index contributed by atoms with van der Waals surface area (Å²) in [6, 6.07) is 2.96. The van der Waals surface area contributed by atoms with Crippen molar-refractivity contribution in [2.24, 2.45) is 5.84 Å². The number of hydrazine groups is 1. The summed E-state index contributed by atoms with van der Waals surface area (Å²) in [5.74, 6) is 5.07. The predicted molar refractivity (Wildman–Crippen MR) is 65.3 cm³/mol. The van der Waals surface area contributed by atoms with E-state index in [1.807, 2.05) is 6.07 Å². The van der Waals surface area contributed by atoms with Gasteiger partial charge in [-0.25, -0.2) is 9.82 Å². The van der Waals surface area contributed by atoms with Gasteiger partial charge >= 0.3 is 0 Å². The molecule has 88 valence electrons. The maximum Gasteiger partial charge on any atom is 0.146 e. The highest BCUT2D eigenvalue weighted by atomic mass is 79.9. The number of halogens is 2. The molecule has 0 radical (unpaired) electrons. The van der Waals surface area contributed by atoms with Gasteiger partial charge < -0.3 is 0 Å². The largest absolute Gasteiger partial charge is 0.271 e. The van der Waals surface area contributed by atoms with E-state index in [1.54, 1.807) is 18.5 Å². The first-order valence-corrected chi connectivity index (χ1v) is 5.67. The highest BCUT2D eigenvalue weighted by Gasteiger charge is 2.16. The van der Waals surface area contributed by atoms with Crippen LogP contribution in [-0.2, 0) is 0 Å². The lowest BCUT2D eigenvalue weighted by molar-refractivity contribution is 0.554. The Balaban J connectivity index is 2.44. The zero-order valence-corrected chi connectivity index (χ0v) is 10.4. The molecule has 0 aliphatic rings. The Kier molecular flexibility index (Phi) is 3.78. The van der Waals surface area contributed by atoms with E-state index in [9.17, 15) is 4.39 Å². The van der Waals surface area contributed by atoms with Crippen molar-refractivity contribution < 1.29 is 4.39 Å². The highest BCUT2D eigenvalue weighted by Crippen LogP contribution is 2.24. The van der Waals surface area contributed by atoms with Gasteiger partial charge in [0.1, 0.15) is 5.82 Å². The van der Waals surface area contributed by atoms with E-state index >= 15 is 0 Å². The number of aromatic nitrogens is 2. The lowest BCUT2D eigenvalue weighted by Gasteiger charge is -2.16. The van der Waals surface area contributed by atoms with E-state index in [0.29, 0.717) is 5.56 Å². The van der Waals surface area contributed by atoms with Crippen LogP contribution < -0.4 is 11.3 Å². The van der Waals surface area contributed by atoms with Crippen LogP contribution >= 0.6 is 15.9 Å². The molecule has 6 heteroatoms. The van der Waals surface area contributed by atoms with E-state index < -0.39 is 11.9 Å². The van der Waals surface area contributed by atoms with Gasteiger partial charge in [-0.15, -0.1) is 0 Å². The number of hydrogen-bond donors (Lipinski definition) is 2. The summed E-state index contributed by atoms with van der Waals surface area (Å²) in [5, 5.41) is 0. The molecule has 2 aromatic rings. The number of nitrogens with one attached hydrogen (secondary N) is 1. The van der Waals surface area contributed by atoms with Crippen molar-refractivity contribution in [2.45, 2.75) is 6.04 Å². The molecule has 4 nitrogen and oxygen atoms in total. The molecule has 0 aromatic carbocycles. The Morgan fingerprint density at radius 2 is 2.12 bits per heavy atom. The van der Waals surface area contributed by atoms with Crippen LogP contribution in [0.3, 0.4) is 0 Å². The molecule has 1 unspecified atom stereocenters. The molecule has 0 aliphatic carbocycles. The van der Waals surface area contributed by atoms with Crippen molar-refractivity contribution in [1.29, 1.82) is 0 Å². The van der Waals surface area contributed by atoms with Gasteiger partial charge in [0.05, 0.1) is 12.2 Å². The van der Waals surface area contributed by atoms with Crippen molar-refractivity contribution >= 4 is 15.9 Å². The van der Waals surface area contributed by atoms with Crippen molar-refractivity contribution in [1.82, 2.24) is 15.4 Å². The summed E-state index contributed by atoms with van der Waals surface area (Å²) >= 11 is 3.31. The van der Waals surface area contributed by atoms with Gasteiger partial charge in [-0.05, 0) is 33.6 Å². The van der Waals surface area contributed by atoms with Crippen LogP contribution in [0.25, 0.3) is 0 Å². The zero-order valence-electron chi connectivity index (χ0n) is 8.77. The summed E-state index contributed by atoms with van der Waals surface area (Å²) in [7, 11) is 0. The van der Waals surface area contributed by atoms with E-state index in [0.717, 1.165) is 16.2 Å². The van der Waals surface area contributed by atoms with Crippen LogP contribution in [0.2, 0.25) is 0 Å². The molecule has 0 saturated heterocycles. The topological polar surface area (TPSA) is 63.8 Å². The predicted octanol–water partition coefficient (Wildman–Crippen LogP) is 1.93. The maximum absolute atomic E-state index is 13.6.